The van der Waals surface area contributed by atoms with Gasteiger partial charge in [-0.1, -0.05) is 22.9 Å². The van der Waals surface area contributed by atoms with Gasteiger partial charge in [0, 0.05) is 22.9 Å². The van der Waals surface area contributed by atoms with Gasteiger partial charge in [-0.05, 0) is 43.1 Å². The normalized spacial score (nSPS) is 23.3. The number of nitrogens with one attached hydrogen (secondary N) is 1. The van der Waals surface area contributed by atoms with Gasteiger partial charge in [0.1, 0.15) is 11.6 Å². The van der Waals surface area contributed by atoms with Crippen LogP contribution < -0.4 is 5.32 Å². The number of ketones is 1. The second kappa shape index (κ2) is 5.49. The first kappa shape index (κ1) is 13.7. The fraction of sp³-hybridized carbons (Fsp3) is 0.500. The number of carbonyl (C=O) groups is 1. The quantitative estimate of drug-likeness (QED) is 0.925. The molecule has 1 aliphatic rings. The third-order valence-corrected chi connectivity index (χ3v) is 4.26. The fourth-order valence-electron chi connectivity index (χ4n) is 2.57. The third kappa shape index (κ3) is 2.81. The maximum absolute atomic E-state index is 13.3. The minimum absolute atomic E-state index is 0.215. The standard InChI is InChI=1S/C14H17BrFNO/c1-2-14(3-4-17-9-14)13(18)7-10-5-11(15)8-12(16)6-10/h5-6,8,17H,2-4,7,9H2,1H3. The Labute approximate surface area is 115 Å². The van der Waals surface area contributed by atoms with Crippen LogP contribution in [0.25, 0.3) is 0 Å². The lowest BCUT2D eigenvalue weighted by Gasteiger charge is -2.24. The zero-order chi connectivity index (χ0) is 13.2. The molecule has 0 radical (unpaired) electrons. The summed E-state index contributed by atoms with van der Waals surface area (Å²) >= 11 is 3.25. The molecule has 0 spiro atoms. The first-order valence-electron chi connectivity index (χ1n) is 6.25. The van der Waals surface area contributed by atoms with Crippen molar-refractivity contribution in [2.45, 2.75) is 26.2 Å². The van der Waals surface area contributed by atoms with Gasteiger partial charge in [0.05, 0.1) is 0 Å². The molecule has 0 aromatic heterocycles. The Hall–Kier alpha value is -0.740. The Kier molecular flexibility index (Phi) is 4.17. The van der Waals surface area contributed by atoms with Crippen LogP contribution in [0.4, 0.5) is 4.39 Å². The summed E-state index contributed by atoms with van der Waals surface area (Å²) in [5, 5.41) is 3.25. The highest BCUT2D eigenvalue weighted by molar-refractivity contribution is 9.10. The van der Waals surface area contributed by atoms with Crippen molar-refractivity contribution in [3.8, 4) is 0 Å². The molecule has 1 unspecified atom stereocenters. The summed E-state index contributed by atoms with van der Waals surface area (Å²) in [4.78, 5) is 12.4. The average molecular weight is 314 g/mol. The van der Waals surface area contributed by atoms with E-state index in [1.165, 1.54) is 12.1 Å². The topological polar surface area (TPSA) is 29.1 Å². The molecule has 18 heavy (non-hydrogen) atoms. The van der Waals surface area contributed by atoms with E-state index in [0.717, 1.165) is 31.5 Å². The molecule has 1 aromatic carbocycles. The van der Waals surface area contributed by atoms with E-state index in [1.807, 2.05) is 13.0 Å². The molecular formula is C14H17BrFNO. The van der Waals surface area contributed by atoms with E-state index < -0.39 is 0 Å². The van der Waals surface area contributed by atoms with E-state index in [-0.39, 0.29) is 17.0 Å². The zero-order valence-corrected chi connectivity index (χ0v) is 12.0. The SMILES string of the molecule is CCC1(C(=O)Cc2cc(F)cc(Br)c2)CCNC1. The van der Waals surface area contributed by atoms with Gasteiger partial charge in [-0.2, -0.15) is 0 Å². The van der Waals surface area contributed by atoms with E-state index >= 15 is 0 Å². The molecule has 0 aliphatic carbocycles. The van der Waals surface area contributed by atoms with Crippen LogP contribution in [-0.2, 0) is 11.2 Å². The summed E-state index contributed by atoms with van der Waals surface area (Å²) < 4.78 is 14.0. The molecule has 1 N–H and O–H groups in total. The van der Waals surface area contributed by atoms with Crippen molar-refractivity contribution < 1.29 is 9.18 Å². The van der Waals surface area contributed by atoms with Gasteiger partial charge < -0.3 is 5.32 Å². The van der Waals surface area contributed by atoms with E-state index in [4.69, 9.17) is 0 Å². The summed E-state index contributed by atoms with van der Waals surface area (Å²) in [7, 11) is 0. The highest BCUT2D eigenvalue weighted by Crippen LogP contribution is 2.32. The minimum Gasteiger partial charge on any atom is -0.316 e. The predicted octanol–water partition coefficient (Wildman–Crippen LogP) is 3.09. The number of benzene rings is 1. The fourth-order valence-corrected chi connectivity index (χ4v) is 3.08. The Bertz CT molecular complexity index is 435. The van der Waals surface area contributed by atoms with Crippen LogP contribution in [0, 0.1) is 11.2 Å². The maximum atomic E-state index is 13.3. The molecule has 1 fully saturated rings. The molecule has 1 heterocycles. The number of hydrogen-bond acceptors (Lipinski definition) is 2. The van der Waals surface area contributed by atoms with Gasteiger partial charge in [-0.25, -0.2) is 4.39 Å². The van der Waals surface area contributed by atoms with Crippen LogP contribution in [0.15, 0.2) is 22.7 Å². The van der Waals surface area contributed by atoms with Crippen molar-refractivity contribution in [3.63, 3.8) is 0 Å². The molecule has 98 valence electrons. The summed E-state index contributed by atoms with van der Waals surface area (Å²) in [6, 6.07) is 4.65. The van der Waals surface area contributed by atoms with Gasteiger partial charge in [-0.15, -0.1) is 0 Å². The Morgan fingerprint density at radius 3 is 2.83 bits per heavy atom. The van der Waals surface area contributed by atoms with Crippen LogP contribution in [0.2, 0.25) is 0 Å². The number of carbonyl (C=O) groups excluding carboxylic acids is 1. The van der Waals surface area contributed by atoms with Gasteiger partial charge in [0.25, 0.3) is 0 Å². The van der Waals surface area contributed by atoms with Crippen molar-refractivity contribution in [1.82, 2.24) is 5.32 Å². The highest BCUT2D eigenvalue weighted by atomic mass is 79.9. The molecule has 0 saturated carbocycles. The predicted molar refractivity (Wildman–Crippen MR) is 73.0 cm³/mol. The molecule has 0 bridgehead atoms. The van der Waals surface area contributed by atoms with Crippen LogP contribution >= 0.6 is 15.9 Å². The first-order chi connectivity index (χ1) is 8.55. The molecule has 2 rings (SSSR count). The molecular weight excluding hydrogens is 297 g/mol. The van der Waals surface area contributed by atoms with E-state index in [0.29, 0.717) is 10.9 Å². The second-order valence-corrected chi connectivity index (χ2v) is 5.85. The second-order valence-electron chi connectivity index (χ2n) is 4.94. The maximum Gasteiger partial charge on any atom is 0.144 e. The number of halogens is 2. The lowest BCUT2D eigenvalue weighted by atomic mass is 9.78. The summed E-state index contributed by atoms with van der Waals surface area (Å²) in [5.41, 5.74) is 0.491. The van der Waals surface area contributed by atoms with E-state index in [1.54, 1.807) is 0 Å². The molecule has 1 aromatic rings. The summed E-state index contributed by atoms with van der Waals surface area (Å²) in [5.74, 6) is -0.0882. The van der Waals surface area contributed by atoms with Crippen molar-refractivity contribution >= 4 is 21.7 Å². The highest BCUT2D eigenvalue weighted by Gasteiger charge is 2.38. The van der Waals surface area contributed by atoms with Crippen molar-refractivity contribution in [2.75, 3.05) is 13.1 Å². The Morgan fingerprint density at radius 1 is 1.50 bits per heavy atom. The monoisotopic (exact) mass is 313 g/mol. The Balaban J connectivity index is 2.15. The molecule has 0 amide bonds. The van der Waals surface area contributed by atoms with Gasteiger partial charge in [0.15, 0.2) is 0 Å². The lowest BCUT2D eigenvalue weighted by molar-refractivity contribution is -0.127. The van der Waals surface area contributed by atoms with Crippen LogP contribution in [0.3, 0.4) is 0 Å². The van der Waals surface area contributed by atoms with E-state index in [2.05, 4.69) is 21.2 Å². The molecule has 4 heteroatoms. The number of Topliss-reactive ketones (excluding diaryl/α,β-unsaturated/α-hetero) is 1. The van der Waals surface area contributed by atoms with E-state index in [9.17, 15) is 9.18 Å². The summed E-state index contributed by atoms with van der Waals surface area (Å²) in [6.45, 7) is 3.69. The van der Waals surface area contributed by atoms with Crippen LogP contribution in [-0.4, -0.2) is 18.9 Å². The zero-order valence-electron chi connectivity index (χ0n) is 10.4. The van der Waals surface area contributed by atoms with Crippen molar-refractivity contribution in [2.24, 2.45) is 5.41 Å². The number of hydrogen-bond donors (Lipinski definition) is 1. The smallest absolute Gasteiger partial charge is 0.144 e. The first-order valence-corrected chi connectivity index (χ1v) is 7.04. The van der Waals surface area contributed by atoms with Gasteiger partial charge in [-0.3, -0.25) is 4.79 Å². The van der Waals surface area contributed by atoms with Gasteiger partial charge in [0.2, 0.25) is 0 Å². The number of rotatable bonds is 4. The molecule has 1 atom stereocenters. The molecule has 2 nitrogen and oxygen atoms in total. The third-order valence-electron chi connectivity index (χ3n) is 3.80. The van der Waals surface area contributed by atoms with Crippen LogP contribution in [0.1, 0.15) is 25.3 Å². The minimum atomic E-state index is -0.303. The Morgan fingerprint density at radius 2 is 2.28 bits per heavy atom. The van der Waals surface area contributed by atoms with Crippen LogP contribution in [0.5, 0.6) is 0 Å². The summed E-state index contributed by atoms with van der Waals surface area (Å²) in [6.07, 6.45) is 2.04. The largest absolute Gasteiger partial charge is 0.316 e. The van der Waals surface area contributed by atoms with Crippen molar-refractivity contribution in [1.29, 1.82) is 0 Å². The molecule has 1 aliphatic heterocycles. The average Bonchev–Trinajstić information content (AvgIpc) is 2.77. The van der Waals surface area contributed by atoms with Crippen molar-refractivity contribution in [3.05, 3.63) is 34.1 Å². The molecule has 1 saturated heterocycles. The lowest BCUT2D eigenvalue weighted by Crippen LogP contribution is -2.34. The van der Waals surface area contributed by atoms with Gasteiger partial charge >= 0.3 is 0 Å².